The van der Waals surface area contributed by atoms with E-state index in [9.17, 15) is 4.39 Å². The Labute approximate surface area is 104 Å². The predicted molar refractivity (Wildman–Crippen MR) is 69.6 cm³/mol. The van der Waals surface area contributed by atoms with Crippen molar-refractivity contribution in [1.29, 1.82) is 0 Å². The lowest BCUT2D eigenvalue weighted by molar-refractivity contribution is 0.628. The number of nitrogens with two attached hydrogens (primary N) is 1. The van der Waals surface area contributed by atoms with Gasteiger partial charge in [0.25, 0.3) is 0 Å². The van der Waals surface area contributed by atoms with Crippen molar-refractivity contribution >= 4 is 23.0 Å². The first-order valence-electron chi connectivity index (χ1n) is 5.18. The second-order valence-electron chi connectivity index (χ2n) is 3.71. The Balaban J connectivity index is 2.04. The van der Waals surface area contributed by atoms with Crippen LogP contribution in [0.3, 0.4) is 0 Å². The summed E-state index contributed by atoms with van der Waals surface area (Å²) in [5.41, 5.74) is 7.89. The zero-order chi connectivity index (χ0) is 12.3. The largest absolute Gasteiger partial charge is 0.397 e. The number of anilines is 2. The fourth-order valence-electron chi connectivity index (χ4n) is 1.49. The maximum absolute atomic E-state index is 12.8. The molecule has 0 aliphatic rings. The molecular formula is C13H12ClFN2. The van der Waals surface area contributed by atoms with Gasteiger partial charge in [-0.2, -0.15) is 0 Å². The average molecular weight is 251 g/mol. The summed E-state index contributed by atoms with van der Waals surface area (Å²) in [6, 6.07) is 11.8. The van der Waals surface area contributed by atoms with Crippen molar-refractivity contribution in [1.82, 2.24) is 0 Å². The van der Waals surface area contributed by atoms with Crippen LogP contribution in [0.15, 0.2) is 42.5 Å². The van der Waals surface area contributed by atoms with Crippen LogP contribution < -0.4 is 11.1 Å². The molecular weight excluding hydrogens is 239 g/mol. The van der Waals surface area contributed by atoms with Crippen LogP contribution in [0.5, 0.6) is 0 Å². The van der Waals surface area contributed by atoms with E-state index in [2.05, 4.69) is 5.32 Å². The highest BCUT2D eigenvalue weighted by Crippen LogP contribution is 2.20. The van der Waals surface area contributed by atoms with Crippen molar-refractivity contribution < 1.29 is 4.39 Å². The van der Waals surface area contributed by atoms with Gasteiger partial charge in [0, 0.05) is 11.6 Å². The van der Waals surface area contributed by atoms with E-state index < -0.39 is 0 Å². The van der Waals surface area contributed by atoms with Crippen LogP contribution in [0.25, 0.3) is 0 Å². The molecule has 0 amide bonds. The monoisotopic (exact) mass is 250 g/mol. The summed E-state index contributed by atoms with van der Waals surface area (Å²) in [5, 5.41) is 3.84. The van der Waals surface area contributed by atoms with Crippen molar-refractivity contribution in [2.75, 3.05) is 11.1 Å². The van der Waals surface area contributed by atoms with Crippen LogP contribution >= 0.6 is 11.6 Å². The Morgan fingerprint density at radius 3 is 2.47 bits per heavy atom. The van der Waals surface area contributed by atoms with E-state index in [4.69, 9.17) is 17.3 Å². The Morgan fingerprint density at radius 1 is 1.12 bits per heavy atom. The number of nitrogens with one attached hydrogen (secondary N) is 1. The van der Waals surface area contributed by atoms with Gasteiger partial charge in [-0.1, -0.05) is 23.7 Å². The van der Waals surface area contributed by atoms with Gasteiger partial charge in [-0.05, 0) is 35.9 Å². The maximum Gasteiger partial charge on any atom is 0.125 e. The molecule has 0 saturated carbocycles. The number of rotatable bonds is 3. The van der Waals surface area contributed by atoms with Gasteiger partial charge >= 0.3 is 0 Å². The third-order valence-corrected chi connectivity index (χ3v) is 2.66. The molecule has 0 radical (unpaired) electrons. The van der Waals surface area contributed by atoms with Gasteiger partial charge in [-0.15, -0.1) is 0 Å². The summed E-state index contributed by atoms with van der Waals surface area (Å²) in [4.78, 5) is 0. The molecule has 0 unspecified atom stereocenters. The lowest BCUT2D eigenvalue weighted by atomic mass is 10.2. The van der Waals surface area contributed by atoms with E-state index in [1.165, 1.54) is 12.1 Å². The molecule has 2 rings (SSSR count). The molecule has 0 aromatic heterocycles. The second-order valence-corrected chi connectivity index (χ2v) is 4.15. The Kier molecular flexibility index (Phi) is 3.49. The fourth-order valence-corrected chi connectivity index (χ4v) is 1.62. The van der Waals surface area contributed by atoms with Crippen molar-refractivity contribution in [3.63, 3.8) is 0 Å². The first-order chi connectivity index (χ1) is 8.15. The molecule has 0 bridgehead atoms. The number of hydrogen-bond donors (Lipinski definition) is 2. The summed E-state index contributed by atoms with van der Waals surface area (Å²) in [7, 11) is 0. The van der Waals surface area contributed by atoms with Gasteiger partial charge in [0.05, 0.1) is 11.4 Å². The minimum Gasteiger partial charge on any atom is -0.397 e. The molecule has 4 heteroatoms. The van der Waals surface area contributed by atoms with Crippen LogP contribution in [0.2, 0.25) is 5.02 Å². The lowest BCUT2D eigenvalue weighted by Crippen LogP contribution is -2.02. The highest BCUT2D eigenvalue weighted by molar-refractivity contribution is 6.30. The molecule has 0 fully saturated rings. The van der Waals surface area contributed by atoms with Crippen LogP contribution in [-0.4, -0.2) is 0 Å². The highest BCUT2D eigenvalue weighted by atomic mass is 35.5. The first-order valence-corrected chi connectivity index (χ1v) is 5.56. The molecule has 88 valence electrons. The summed E-state index contributed by atoms with van der Waals surface area (Å²) in [6.07, 6.45) is 0. The van der Waals surface area contributed by atoms with Gasteiger partial charge < -0.3 is 11.1 Å². The van der Waals surface area contributed by atoms with E-state index in [0.29, 0.717) is 17.3 Å². The number of hydrogen-bond acceptors (Lipinski definition) is 2. The molecule has 17 heavy (non-hydrogen) atoms. The average Bonchev–Trinajstić information content (AvgIpc) is 2.30. The normalized spacial score (nSPS) is 10.2. The van der Waals surface area contributed by atoms with E-state index in [1.54, 1.807) is 6.07 Å². The van der Waals surface area contributed by atoms with Gasteiger partial charge in [0.15, 0.2) is 0 Å². The maximum atomic E-state index is 12.8. The van der Waals surface area contributed by atoms with Gasteiger partial charge in [-0.25, -0.2) is 4.39 Å². The van der Waals surface area contributed by atoms with Crippen LogP contribution in [-0.2, 0) is 6.54 Å². The second kappa shape index (κ2) is 5.06. The minimum atomic E-state index is -0.334. The third kappa shape index (κ3) is 3.11. The zero-order valence-corrected chi connectivity index (χ0v) is 9.84. The molecule has 0 atom stereocenters. The molecule has 0 saturated heterocycles. The van der Waals surface area contributed by atoms with Crippen LogP contribution in [0.4, 0.5) is 15.8 Å². The molecule has 0 spiro atoms. The molecule has 2 aromatic carbocycles. The minimum absolute atomic E-state index is 0.334. The summed E-state index contributed by atoms with van der Waals surface area (Å²) < 4.78 is 12.8. The number of benzene rings is 2. The van der Waals surface area contributed by atoms with E-state index >= 15 is 0 Å². The van der Waals surface area contributed by atoms with Gasteiger partial charge in [-0.3, -0.25) is 0 Å². The van der Waals surface area contributed by atoms with E-state index in [-0.39, 0.29) is 5.82 Å². The Hall–Kier alpha value is -1.74. The molecule has 0 heterocycles. The van der Waals surface area contributed by atoms with Gasteiger partial charge in [0.2, 0.25) is 0 Å². The highest BCUT2D eigenvalue weighted by Gasteiger charge is 2.00. The van der Waals surface area contributed by atoms with E-state index in [0.717, 1.165) is 11.3 Å². The van der Waals surface area contributed by atoms with Gasteiger partial charge in [0.1, 0.15) is 5.82 Å². The summed E-state index contributed by atoms with van der Waals surface area (Å²) in [5.74, 6) is -0.334. The SMILES string of the molecule is Nc1cc(F)ccc1NCc1ccc(Cl)cc1. The smallest absolute Gasteiger partial charge is 0.125 e. The van der Waals surface area contributed by atoms with Crippen molar-refractivity contribution in [2.24, 2.45) is 0 Å². The standard InChI is InChI=1S/C13H12ClFN2/c14-10-3-1-9(2-4-10)8-17-13-6-5-11(15)7-12(13)16/h1-7,17H,8,16H2. The molecule has 2 nitrogen and oxygen atoms in total. The summed E-state index contributed by atoms with van der Waals surface area (Å²) >= 11 is 5.79. The number of halogens is 2. The fraction of sp³-hybridized carbons (Fsp3) is 0.0769. The van der Waals surface area contributed by atoms with Crippen molar-refractivity contribution in [3.05, 3.63) is 58.9 Å². The molecule has 0 aliphatic carbocycles. The van der Waals surface area contributed by atoms with Crippen LogP contribution in [0, 0.1) is 5.82 Å². The topological polar surface area (TPSA) is 38.0 Å². The third-order valence-electron chi connectivity index (χ3n) is 2.41. The van der Waals surface area contributed by atoms with Crippen LogP contribution in [0.1, 0.15) is 5.56 Å². The van der Waals surface area contributed by atoms with Crippen molar-refractivity contribution in [3.8, 4) is 0 Å². The number of nitrogen functional groups attached to an aromatic ring is 1. The molecule has 3 N–H and O–H groups in total. The van der Waals surface area contributed by atoms with E-state index in [1.807, 2.05) is 24.3 Å². The van der Waals surface area contributed by atoms with Crippen molar-refractivity contribution in [2.45, 2.75) is 6.54 Å². The molecule has 0 aliphatic heterocycles. The molecule has 2 aromatic rings. The Morgan fingerprint density at radius 2 is 1.82 bits per heavy atom. The summed E-state index contributed by atoms with van der Waals surface area (Å²) in [6.45, 7) is 0.618. The predicted octanol–water partition coefficient (Wildman–Crippen LogP) is 3.67. The lowest BCUT2D eigenvalue weighted by Gasteiger charge is -2.09. The first kappa shape index (κ1) is 11.7. The Bertz CT molecular complexity index is 511. The quantitative estimate of drug-likeness (QED) is 0.816. The zero-order valence-electron chi connectivity index (χ0n) is 9.08.